The lowest BCUT2D eigenvalue weighted by molar-refractivity contribution is 0.0689. The number of aromatic carboxylic acids is 1. The average Bonchev–Trinajstić information content (AvgIpc) is 3.13. The number of rotatable bonds is 4. The fraction of sp³-hybridized carbons (Fsp3) is 0.176. The van der Waals surface area contributed by atoms with Gasteiger partial charge in [0.1, 0.15) is 5.69 Å². The van der Waals surface area contributed by atoms with Crippen LogP contribution in [0.3, 0.4) is 0 Å². The monoisotopic (exact) mass is 321 g/mol. The summed E-state index contributed by atoms with van der Waals surface area (Å²) in [5, 5.41) is 28.9. The summed E-state index contributed by atoms with van der Waals surface area (Å²) >= 11 is 0. The quantitative estimate of drug-likeness (QED) is 0.767. The Kier molecular flexibility index (Phi) is 3.88. The van der Waals surface area contributed by atoms with Crippen LogP contribution < -0.4 is 0 Å². The third-order valence-electron chi connectivity index (χ3n) is 3.94. The number of nitrogens with one attached hydrogen (secondary N) is 1. The maximum absolute atomic E-state index is 11.2. The highest BCUT2D eigenvalue weighted by molar-refractivity contribution is 5.86. The van der Waals surface area contributed by atoms with Gasteiger partial charge in [0, 0.05) is 16.8 Å². The third-order valence-corrected chi connectivity index (χ3v) is 3.94. The number of aromatic nitrogens is 4. The summed E-state index contributed by atoms with van der Waals surface area (Å²) in [6.45, 7) is 4.17. The van der Waals surface area contributed by atoms with Crippen molar-refractivity contribution in [3.63, 3.8) is 0 Å². The molecule has 7 heteroatoms. The summed E-state index contributed by atoms with van der Waals surface area (Å²) in [6.07, 6.45) is 1.50. The van der Waals surface area contributed by atoms with Gasteiger partial charge in [0.2, 0.25) is 0 Å². The second kappa shape index (κ2) is 6.01. The second-order valence-electron chi connectivity index (χ2n) is 5.47. The van der Waals surface area contributed by atoms with E-state index in [-0.39, 0.29) is 5.69 Å². The third kappa shape index (κ3) is 2.65. The van der Waals surface area contributed by atoms with E-state index in [2.05, 4.69) is 21.4 Å². The molecule has 3 aromatic rings. The highest BCUT2D eigenvalue weighted by Crippen LogP contribution is 2.27. The molecular weight excluding hydrogens is 306 g/mol. The first-order valence-electron chi connectivity index (χ1n) is 7.31. The molecule has 0 saturated carbocycles. The molecule has 3 rings (SSSR count). The van der Waals surface area contributed by atoms with Crippen molar-refractivity contribution < 1.29 is 9.90 Å². The lowest BCUT2D eigenvalue weighted by atomic mass is 10.0. The maximum atomic E-state index is 11.2. The van der Waals surface area contributed by atoms with Gasteiger partial charge in [-0.3, -0.25) is 9.78 Å². The van der Waals surface area contributed by atoms with Gasteiger partial charge in [0.15, 0.2) is 0 Å². The van der Waals surface area contributed by atoms with E-state index < -0.39 is 5.97 Å². The van der Waals surface area contributed by atoms with Crippen LogP contribution in [0.4, 0.5) is 0 Å². The van der Waals surface area contributed by atoms with E-state index in [9.17, 15) is 4.79 Å². The van der Waals surface area contributed by atoms with Crippen LogP contribution in [0.1, 0.15) is 33.0 Å². The Hall–Kier alpha value is -3.40. The number of benzene rings is 1. The summed E-state index contributed by atoms with van der Waals surface area (Å²) in [5.41, 5.74) is 4.97. The minimum Gasteiger partial charge on any atom is -0.477 e. The van der Waals surface area contributed by atoms with Gasteiger partial charge in [0.05, 0.1) is 30.1 Å². The van der Waals surface area contributed by atoms with Crippen LogP contribution in [0.25, 0.3) is 11.1 Å². The van der Waals surface area contributed by atoms with Crippen molar-refractivity contribution in [2.24, 2.45) is 0 Å². The summed E-state index contributed by atoms with van der Waals surface area (Å²) in [5.74, 6) is -1.05. The zero-order valence-electron chi connectivity index (χ0n) is 13.2. The smallest absolute Gasteiger partial charge is 0.354 e. The first-order chi connectivity index (χ1) is 11.5. The number of nitrogens with zero attached hydrogens (tertiary/aromatic N) is 4. The largest absolute Gasteiger partial charge is 0.477 e. The van der Waals surface area contributed by atoms with E-state index in [1.165, 1.54) is 6.20 Å². The molecule has 0 fully saturated rings. The van der Waals surface area contributed by atoms with Crippen molar-refractivity contribution >= 4 is 5.97 Å². The van der Waals surface area contributed by atoms with Crippen LogP contribution in [-0.4, -0.2) is 31.1 Å². The number of hydrogen-bond acceptors (Lipinski definition) is 4. The fourth-order valence-electron chi connectivity index (χ4n) is 2.76. The Bertz CT molecular complexity index is 945. The van der Waals surface area contributed by atoms with Gasteiger partial charge < -0.3 is 5.11 Å². The highest BCUT2D eigenvalue weighted by atomic mass is 16.4. The molecule has 1 aromatic carbocycles. The number of aryl methyl sites for hydroxylation is 1. The van der Waals surface area contributed by atoms with Gasteiger partial charge in [-0.05, 0) is 31.5 Å². The normalized spacial score (nSPS) is 10.5. The molecule has 0 spiro atoms. The number of carbonyl (C=O) groups is 1. The highest BCUT2D eigenvalue weighted by Gasteiger charge is 2.17. The van der Waals surface area contributed by atoms with Crippen molar-refractivity contribution in [1.29, 1.82) is 5.26 Å². The van der Waals surface area contributed by atoms with Gasteiger partial charge in [-0.1, -0.05) is 12.1 Å². The molecular formula is C17H15N5O2. The standard InChI is InChI=1S/C17H15N5O2/c1-10-15(13-5-3-12(7-18)4-6-13)11(2)22(21-10)9-14-8-19-20-16(14)17(23)24/h3-6,8H,9H2,1-2H3,(H,19,20)(H,23,24). The molecule has 0 unspecified atom stereocenters. The molecule has 0 saturated heterocycles. The zero-order chi connectivity index (χ0) is 17.3. The predicted octanol–water partition coefficient (Wildman–Crippen LogP) is 2.51. The van der Waals surface area contributed by atoms with Crippen LogP contribution >= 0.6 is 0 Å². The molecule has 7 nitrogen and oxygen atoms in total. The topological polar surface area (TPSA) is 108 Å². The predicted molar refractivity (Wildman–Crippen MR) is 86.5 cm³/mol. The molecule has 0 atom stereocenters. The van der Waals surface area contributed by atoms with E-state index in [0.717, 1.165) is 22.5 Å². The van der Waals surface area contributed by atoms with E-state index in [1.807, 2.05) is 26.0 Å². The van der Waals surface area contributed by atoms with Crippen molar-refractivity contribution in [2.45, 2.75) is 20.4 Å². The number of nitriles is 1. The molecule has 0 radical (unpaired) electrons. The van der Waals surface area contributed by atoms with Gasteiger partial charge in [-0.2, -0.15) is 15.5 Å². The first-order valence-corrected chi connectivity index (χ1v) is 7.31. The molecule has 2 heterocycles. The lowest BCUT2D eigenvalue weighted by Gasteiger charge is -2.05. The maximum Gasteiger partial charge on any atom is 0.354 e. The van der Waals surface area contributed by atoms with E-state index >= 15 is 0 Å². The Morgan fingerprint density at radius 3 is 2.67 bits per heavy atom. The van der Waals surface area contributed by atoms with Crippen LogP contribution in [0, 0.1) is 25.2 Å². The molecule has 120 valence electrons. The molecule has 0 amide bonds. The molecule has 0 aliphatic rings. The summed E-state index contributed by atoms with van der Waals surface area (Å²) in [4.78, 5) is 11.2. The number of aromatic amines is 1. The van der Waals surface area contributed by atoms with Crippen LogP contribution in [0.5, 0.6) is 0 Å². The van der Waals surface area contributed by atoms with Crippen molar-refractivity contribution in [3.8, 4) is 17.2 Å². The van der Waals surface area contributed by atoms with Crippen molar-refractivity contribution in [1.82, 2.24) is 20.0 Å². The van der Waals surface area contributed by atoms with Crippen molar-refractivity contribution in [2.75, 3.05) is 0 Å². The summed E-state index contributed by atoms with van der Waals surface area (Å²) in [6, 6.07) is 9.41. The number of hydrogen-bond donors (Lipinski definition) is 2. The SMILES string of the molecule is Cc1nn(Cc2cn[nH]c2C(=O)O)c(C)c1-c1ccc(C#N)cc1. The molecule has 2 aromatic heterocycles. The van der Waals surface area contributed by atoms with Gasteiger partial charge in [0.25, 0.3) is 0 Å². The van der Waals surface area contributed by atoms with Gasteiger partial charge in [-0.25, -0.2) is 4.79 Å². The Morgan fingerprint density at radius 1 is 1.33 bits per heavy atom. The zero-order valence-corrected chi connectivity index (χ0v) is 13.2. The molecule has 24 heavy (non-hydrogen) atoms. The van der Waals surface area contributed by atoms with Crippen LogP contribution in [0.2, 0.25) is 0 Å². The molecule has 0 bridgehead atoms. The second-order valence-corrected chi connectivity index (χ2v) is 5.47. The average molecular weight is 321 g/mol. The van der Waals surface area contributed by atoms with E-state index in [1.54, 1.807) is 16.8 Å². The Labute approximate surface area is 138 Å². The van der Waals surface area contributed by atoms with Crippen LogP contribution in [-0.2, 0) is 6.54 Å². The minimum absolute atomic E-state index is 0.0717. The fourth-order valence-corrected chi connectivity index (χ4v) is 2.76. The minimum atomic E-state index is -1.05. The van der Waals surface area contributed by atoms with E-state index in [4.69, 9.17) is 10.4 Å². The Morgan fingerprint density at radius 2 is 2.04 bits per heavy atom. The summed E-state index contributed by atoms with van der Waals surface area (Å²) < 4.78 is 1.76. The number of carboxylic acids is 1. The van der Waals surface area contributed by atoms with Gasteiger partial charge >= 0.3 is 5.97 Å². The summed E-state index contributed by atoms with van der Waals surface area (Å²) in [7, 11) is 0. The number of carboxylic acid groups (broad SMARTS) is 1. The van der Waals surface area contributed by atoms with Crippen molar-refractivity contribution in [3.05, 3.63) is 58.7 Å². The van der Waals surface area contributed by atoms with E-state index in [0.29, 0.717) is 17.7 Å². The van der Waals surface area contributed by atoms with Gasteiger partial charge in [-0.15, -0.1) is 0 Å². The molecule has 2 N–H and O–H groups in total. The van der Waals surface area contributed by atoms with Crippen LogP contribution in [0.15, 0.2) is 30.5 Å². The number of H-pyrrole nitrogens is 1. The molecule has 0 aliphatic heterocycles. The lowest BCUT2D eigenvalue weighted by Crippen LogP contribution is -2.08. The molecule has 0 aliphatic carbocycles. The Balaban J connectivity index is 1.98. The first kappa shape index (κ1) is 15.5.